The fourth-order valence-corrected chi connectivity index (χ4v) is 9.43. The first-order chi connectivity index (χ1) is 38.0. The number of ketones is 2. The van der Waals surface area contributed by atoms with Gasteiger partial charge in [0.15, 0.2) is 0 Å². The van der Waals surface area contributed by atoms with Gasteiger partial charge in [0.1, 0.15) is 24.7 Å². The molecule has 0 aromatic heterocycles. The van der Waals surface area contributed by atoms with Crippen LogP contribution in [0, 0.1) is 12.8 Å². The topological polar surface area (TPSA) is 59.1 Å². The van der Waals surface area contributed by atoms with Crippen LogP contribution in [0.1, 0.15) is 62.8 Å². The standard InChI is InChI=1S/C36H36Cl2F3NO2.C28H26Cl2F3NO2/c1-25-3-5-26(6-4-25)7-10-30(35(43)36(39,40)41)23-27-8-19-33(20-9-27)44-22-21-42(2)24-34(28-11-15-31(37)16-12-28)29-13-17-32(38)18-14-29;1-19(27(35)28(31,32)33)17-20-3-13-25(14-4-20)36-16-15-34(2)18-26(21-5-9-23(29)10-6-21)22-7-11-24(30)12-8-22/h3-6,8-9,11-20,30,34H,7,10,21-24H2,1-2H3;3-14,26H,1,15-18H2,2H3. The molecule has 1 atom stereocenters. The van der Waals surface area contributed by atoms with E-state index in [2.05, 4.69) is 16.4 Å². The van der Waals surface area contributed by atoms with Crippen LogP contribution in [0.3, 0.4) is 0 Å². The average molecular weight is 1180 g/mol. The second-order valence-electron chi connectivity index (χ2n) is 19.7. The molecule has 0 bridgehead atoms. The lowest BCUT2D eigenvalue weighted by atomic mass is 9.89. The molecule has 0 aliphatic carbocycles. The van der Waals surface area contributed by atoms with E-state index < -0.39 is 35.4 Å². The van der Waals surface area contributed by atoms with E-state index in [1.165, 1.54) is 0 Å². The number of rotatable bonds is 25. The lowest BCUT2D eigenvalue weighted by Crippen LogP contribution is -2.32. The van der Waals surface area contributed by atoms with Crippen LogP contribution in [0.4, 0.5) is 26.3 Å². The van der Waals surface area contributed by atoms with Gasteiger partial charge in [-0.05, 0) is 152 Å². The number of halogens is 10. The second kappa shape index (κ2) is 30.1. The van der Waals surface area contributed by atoms with Crippen molar-refractivity contribution in [1.29, 1.82) is 0 Å². The van der Waals surface area contributed by atoms with Gasteiger partial charge >= 0.3 is 12.4 Å². The maximum atomic E-state index is 13.4. The maximum absolute atomic E-state index is 13.4. The van der Waals surface area contributed by atoms with Crippen LogP contribution in [0.25, 0.3) is 0 Å². The smallest absolute Gasteiger partial charge is 0.454 e. The van der Waals surface area contributed by atoms with Crippen LogP contribution in [0.5, 0.6) is 11.5 Å². The Bertz CT molecular complexity index is 2960. The summed E-state index contributed by atoms with van der Waals surface area (Å²) >= 11 is 24.4. The molecule has 6 nitrogen and oxygen atoms in total. The molecular formula is C64H62Cl4F6N2O4. The number of benzene rings is 7. The summed E-state index contributed by atoms with van der Waals surface area (Å²) in [5.74, 6) is -3.31. The molecule has 0 aliphatic heterocycles. The molecule has 0 amide bonds. The van der Waals surface area contributed by atoms with E-state index in [-0.39, 0.29) is 31.1 Å². The van der Waals surface area contributed by atoms with Gasteiger partial charge in [-0.1, -0.05) is 156 Å². The van der Waals surface area contributed by atoms with Gasteiger partial charge in [0.05, 0.1) is 0 Å². The number of aryl methyl sites for hydroxylation is 2. The minimum Gasteiger partial charge on any atom is -0.492 e. The van der Waals surface area contributed by atoms with Gasteiger partial charge in [-0.2, -0.15) is 26.3 Å². The van der Waals surface area contributed by atoms with E-state index in [9.17, 15) is 35.9 Å². The summed E-state index contributed by atoms with van der Waals surface area (Å²) in [4.78, 5) is 27.8. The minimum atomic E-state index is -4.91. The lowest BCUT2D eigenvalue weighted by molar-refractivity contribution is -0.175. The fraction of sp³-hybridized carbons (Fsp3) is 0.281. The van der Waals surface area contributed by atoms with E-state index in [0.29, 0.717) is 75.4 Å². The zero-order valence-corrected chi connectivity index (χ0v) is 47.5. The van der Waals surface area contributed by atoms with E-state index >= 15 is 0 Å². The quantitative estimate of drug-likeness (QED) is 0.0420. The van der Waals surface area contributed by atoms with Crippen molar-refractivity contribution in [3.63, 3.8) is 0 Å². The van der Waals surface area contributed by atoms with Crippen molar-refractivity contribution in [3.05, 3.63) is 247 Å². The highest BCUT2D eigenvalue weighted by Crippen LogP contribution is 2.32. The Kier molecular flexibility index (Phi) is 23.7. The Balaban J connectivity index is 0.000000263. The molecule has 1 unspecified atom stereocenters. The van der Waals surface area contributed by atoms with Crippen LogP contribution in [-0.4, -0.2) is 87.2 Å². The van der Waals surface area contributed by atoms with E-state index in [4.69, 9.17) is 55.9 Å². The number of hydrogen-bond donors (Lipinski definition) is 0. The summed E-state index contributed by atoms with van der Waals surface area (Å²) in [6.07, 6.45) is -9.40. The van der Waals surface area contributed by atoms with Gasteiger partial charge in [-0.15, -0.1) is 0 Å². The highest BCUT2D eigenvalue weighted by Gasteiger charge is 2.43. The van der Waals surface area contributed by atoms with Gasteiger partial charge in [-0.3, -0.25) is 9.59 Å². The Labute approximate surface area is 484 Å². The van der Waals surface area contributed by atoms with Gasteiger partial charge in [0.25, 0.3) is 5.78 Å². The monoisotopic (exact) mass is 1180 g/mol. The summed E-state index contributed by atoms with van der Waals surface area (Å²) in [6.45, 7) is 8.84. The molecule has 0 fully saturated rings. The number of carbonyl (C=O) groups is 2. The van der Waals surface area contributed by atoms with E-state index in [1.54, 1.807) is 48.5 Å². The molecule has 0 saturated heterocycles. The van der Waals surface area contributed by atoms with E-state index in [0.717, 1.165) is 46.5 Å². The minimum absolute atomic E-state index is 0.0179. The third-order valence-corrected chi connectivity index (χ3v) is 14.4. The number of likely N-dealkylation sites (N-methyl/N-ethyl adjacent to an activating group) is 2. The molecule has 0 heterocycles. The Hall–Kier alpha value is -6.12. The number of nitrogens with zero attached hydrogens (tertiary/aromatic N) is 2. The molecular weight excluding hydrogens is 1120 g/mol. The largest absolute Gasteiger partial charge is 0.492 e. The number of allylic oxidation sites excluding steroid dienone is 1. The zero-order chi connectivity index (χ0) is 58.0. The summed E-state index contributed by atoms with van der Waals surface area (Å²) in [6, 6.07) is 52.4. The molecule has 0 N–H and O–H groups in total. The molecule has 0 radical (unpaired) electrons. The zero-order valence-electron chi connectivity index (χ0n) is 44.5. The van der Waals surface area contributed by atoms with Gasteiger partial charge < -0.3 is 19.3 Å². The van der Waals surface area contributed by atoms with Crippen molar-refractivity contribution in [2.24, 2.45) is 5.92 Å². The molecule has 7 aromatic rings. The molecule has 80 heavy (non-hydrogen) atoms. The second-order valence-corrected chi connectivity index (χ2v) is 21.5. The third kappa shape index (κ3) is 20.5. The van der Waals surface area contributed by atoms with E-state index in [1.807, 2.05) is 142 Å². The predicted molar refractivity (Wildman–Crippen MR) is 310 cm³/mol. The molecule has 0 saturated carbocycles. The highest BCUT2D eigenvalue weighted by atomic mass is 35.5. The average Bonchev–Trinajstić information content (AvgIpc) is 3.44. The van der Waals surface area contributed by atoms with Crippen molar-refractivity contribution in [2.45, 2.75) is 56.8 Å². The number of ether oxygens (including phenoxy) is 2. The van der Waals surface area contributed by atoms with Crippen LogP contribution in [0.2, 0.25) is 20.1 Å². The summed E-state index contributed by atoms with van der Waals surface area (Å²) in [5.41, 5.74) is 7.26. The number of hydrogen-bond acceptors (Lipinski definition) is 6. The molecule has 0 aliphatic rings. The number of alkyl halides is 6. The SMILES string of the molecule is C=C(Cc1ccc(OCCN(C)CC(c2ccc(Cl)cc2)c2ccc(Cl)cc2)cc1)C(=O)C(F)(F)F.Cc1ccc(CCC(Cc2ccc(OCCN(C)CC(c3ccc(Cl)cc3)c3ccc(Cl)cc3)cc2)C(=O)C(F)(F)F)cc1. The van der Waals surface area contributed by atoms with Gasteiger partial charge in [0, 0.05) is 76.0 Å². The first kappa shape index (κ1) is 63.1. The Morgan fingerprint density at radius 1 is 0.500 bits per heavy atom. The van der Waals surface area contributed by atoms with Crippen molar-refractivity contribution in [3.8, 4) is 11.5 Å². The van der Waals surface area contributed by atoms with Crippen LogP contribution in [0.15, 0.2) is 182 Å². The third-order valence-electron chi connectivity index (χ3n) is 13.4. The predicted octanol–water partition coefficient (Wildman–Crippen LogP) is 16.7. The summed E-state index contributed by atoms with van der Waals surface area (Å²) in [5, 5.41) is 2.72. The Morgan fingerprint density at radius 2 is 0.850 bits per heavy atom. The van der Waals surface area contributed by atoms with Crippen molar-refractivity contribution < 1.29 is 45.4 Å². The Morgan fingerprint density at radius 3 is 1.20 bits per heavy atom. The van der Waals surface area contributed by atoms with Crippen LogP contribution in [-0.2, 0) is 28.9 Å². The highest BCUT2D eigenvalue weighted by molar-refractivity contribution is 6.31. The van der Waals surface area contributed by atoms with Crippen molar-refractivity contribution >= 4 is 58.0 Å². The van der Waals surface area contributed by atoms with Crippen LogP contribution < -0.4 is 9.47 Å². The maximum Gasteiger partial charge on any atom is 0.454 e. The molecule has 7 rings (SSSR count). The lowest BCUT2D eigenvalue weighted by Gasteiger charge is -2.25. The summed E-state index contributed by atoms with van der Waals surface area (Å²) in [7, 11) is 4.04. The molecule has 16 heteroatoms. The van der Waals surface area contributed by atoms with Crippen molar-refractivity contribution in [1.82, 2.24) is 9.80 Å². The fourth-order valence-electron chi connectivity index (χ4n) is 8.92. The van der Waals surface area contributed by atoms with Gasteiger partial charge in [0.2, 0.25) is 5.78 Å². The molecule has 7 aromatic carbocycles. The number of Topliss-reactive ketones (excluding diaryl/α,β-unsaturated/α-hetero) is 2. The number of carbonyl (C=O) groups excluding carboxylic acids is 2. The van der Waals surface area contributed by atoms with Crippen LogP contribution >= 0.6 is 46.4 Å². The summed E-state index contributed by atoms with van der Waals surface area (Å²) < 4.78 is 89.5. The molecule has 0 spiro atoms. The molecule has 422 valence electrons. The van der Waals surface area contributed by atoms with Crippen molar-refractivity contribution in [2.75, 3.05) is 53.5 Å². The first-order valence-corrected chi connectivity index (χ1v) is 27.3. The van der Waals surface area contributed by atoms with Gasteiger partial charge in [-0.25, -0.2) is 0 Å². The first-order valence-electron chi connectivity index (χ1n) is 25.8. The normalized spacial score (nSPS) is 12.1.